The molecule has 0 spiro atoms. The molecule has 3 amide bonds. The Morgan fingerprint density at radius 2 is 1.71 bits per heavy atom. The minimum absolute atomic E-state index is 0.201. The number of nitrogens with zero attached hydrogens (tertiary/aromatic N) is 1. The summed E-state index contributed by atoms with van der Waals surface area (Å²) in [6.07, 6.45) is 1.51. The fourth-order valence-corrected chi connectivity index (χ4v) is 3.88. The lowest BCUT2D eigenvalue weighted by Gasteiger charge is -2.15. The summed E-state index contributed by atoms with van der Waals surface area (Å²) in [7, 11) is 0. The first-order chi connectivity index (χ1) is 13.2. The summed E-state index contributed by atoms with van der Waals surface area (Å²) in [4.78, 5) is 38.2. The van der Waals surface area contributed by atoms with Crippen LogP contribution >= 0.6 is 11.8 Å². The van der Waals surface area contributed by atoms with E-state index in [9.17, 15) is 18.8 Å². The van der Waals surface area contributed by atoms with Gasteiger partial charge >= 0.3 is 0 Å². The highest BCUT2D eigenvalue weighted by atomic mass is 32.2. The second-order valence-corrected chi connectivity index (χ2v) is 7.63. The van der Waals surface area contributed by atoms with Crippen molar-refractivity contribution in [3.63, 3.8) is 0 Å². The smallest absolute Gasteiger partial charge is 0.294 e. The number of aryl methyl sites for hydroxylation is 3. The number of rotatable bonds is 4. The second kappa shape index (κ2) is 7.98. The van der Waals surface area contributed by atoms with E-state index in [1.165, 1.54) is 30.3 Å². The molecule has 0 bridgehead atoms. The largest absolute Gasteiger partial charge is 0.324 e. The summed E-state index contributed by atoms with van der Waals surface area (Å²) in [5.41, 5.74) is 4.20. The molecule has 2 aromatic carbocycles. The first kappa shape index (κ1) is 19.8. The molecule has 1 heterocycles. The summed E-state index contributed by atoms with van der Waals surface area (Å²) in [5, 5.41) is 2.28. The average molecular weight is 398 g/mol. The zero-order valence-corrected chi connectivity index (χ0v) is 16.5. The van der Waals surface area contributed by atoms with Crippen LogP contribution in [0.25, 0.3) is 6.08 Å². The van der Waals surface area contributed by atoms with Crippen molar-refractivity contribution < 1.29 is 18.8 Å². The fraction of sp³-hybridized carbons (Fsp3) is 0.190. The maximum Gasteiger partial charge on any atom is 0.294 e. The first-order valence-corrected chi connectivity index (χ1v) is 9.45. The number of carbonyl (C=O) groups excluding carboxylic acids is 3. The van der Waals surface area contributed by atoms with Crippen LogP contribution < -0.4 is 5.32 Å². The van der Waals surface area contributed by atoms with Gasteiger partial charge in [0.25, 0.3) is 11.1 Å². The van der Waals surface area contributed by atoms with E-state index >= 15 is 0 Å². The summed E-state index contributed by atoms with van der Waals surface area (Å²) in [5.74, 6) is -1.36. The SMILES string of the molecule is Cc1cc(C)c(NC(=O)CN2C(=O)S/C(=C/c3ccc(F)cc3)C2=O)c(C)c1. The molecule has 0 radical (unpaired) electrons. The highest BCUT2D eigenvalue weighted by molar-refractivity contribution is 8.18. The summed E-state index contributed by atoms with van der Waals surface area (Å²) in [6, 6.07) is 9.48. The number of amides is 3. The Labute approximate surface area is 166 Å². The van der Waals surface area contributed by atoms with Crippen LogP contribution in [0.4, 0.5) is 14.9 Å². The number of carbonyl (C=O) groups is 3. The van der Waals surface area contributed by atoms with Gasteiger partial charge in [-0.2, -0.15) is 0 Å². The van der Waals surface area contributed by atoms with Gasteiger partial charge in [-0.25, -0.2) is 4.39 Å². The maximum atomic E-state index is 13.0. The van der Waals surface area contributed by atoms with Crippen LogP contribution in [0.1, 0.15) is 22.3 Å². The summed E-state index contributed by atoms with van der Waals surface area (Å²) < 4.78 is 13.0. The highest BCUT2D eigenvalue weighted by Crippen LogP contribution is 2.32. The zero-order chi connectivity index (χ0) is 20.4. The van der Waals surface area contributed by atoms with E-state index in [0.29, 0.717) is 11.3 Å². The third kappa shape index (κ3) is 4.31. The van der Waals surface area contributed by atoms with E-state index in [2.05, 4.69) is 5.32 Å². The fourth-order valence-electron chi connectivity index (χ4n) is 3.05. The molecule has 1 aliphatic rings. The summed E-state index contributed by atoms with van der Waals surface area (Å²) >= 11 is 0.762. The van der Waals surface area contributed by atoms with Gasteiger partial charge in [-0.05, 0) is 67.4 Å². The Hall–Kier alpha value is -2.93. The minimum Gasteiger partial charge on any atom is -0.324 e. The molecule has 0 saturated carbocycles. The molecule has 0 aliphatic carbocycles. The Bertz CT molecular complexity index is 976. The normalized spacial score (nSPS) is 15.4. The molecule has 5 nitrogen and oxygen atoms in total. The van der Waals surface area contributed by atoms with Crippen molar-refractivity contribution in [1.82, 2.24) is 4.90 Å². The van der Waals surface area contributed by atoms with Crippen LogP contribution in [0, 0.1) is 26.6 Å². The third-order valence-electron chi connectivity index (χ3n) is 4.28. The number of halogens is 1. The van der Waals surface area contributed by atoms with Gasteiger partial charge in [0.2, 0.25) is 5.91 Å². The van der Waals surface area contributed by atoms with Crippen molar-refractivity contribution >= 4 is 40.6 Å². The van der Waals surface area contributed by atoms with Crippen molar-refractivity contribution in [2.75, 3.05) is 11.9 Å². The topological polar surface area (TPSA) is 66.5 Å². The Kier molecular flexibility index (Phi) is 5.65. The predicted molar refractivity (Wildman–Crippen MR) is 108 cm³/mol. The standard InChI is InChI=1S/C21H19FN2O3S/c1-12-8-13(2)19(14(3)9-12)23-18(25)11-24-20(26)17(28-21(24)27)10-15-4-6-16(22)7-5-15/h4-10H,11H2,1-3H3,(H,23,25)/b17-10+. The first-order valence-electron chi connectivity index (χ1n) is 8.63. The molecule has 1 fully saturated rings. The maximum absolute atomic E-state index is 13.0. The van der Waals surface area contributed by atoms with Gasteiger partial charge < -0.3 is 5.32 Å². The molecule has 1 N–H and O–H groups in total. The van der Waals surface area contributed by atoms with E-state index < -0.39 is 17.1 Å². The van der Waals surface area contributed by atoms with Crippen LogP contribution in [0.3, 0.4) is 0 Å². The van der Waals surface area contributed by atoms with Crippen LogP contribution in [-0.4, -0.2) is 28.5 Å². The third-order valence-corrected chi connectivity index (χ3v) is 5.19. The Morgan fingerprint density at radius 1 is 1.11 bits per heavy atom. The van der Waals surface area contributed by atoms with Crippen LogP contribution in [0.5, 0.6) is 0 Å². The zero-order valence-electron chi connectivity index (χ0n) is 15.7. The lowest BCUT2D eigenvalue weighted by molar-refractivity contribution is -0.127. The Morgan fingerprint density at radius 3 is 2.32 bits per heavy atom. The van der Waals surface area contributed by atoms with Gasteiger partial charge in [0.1, 0.15) is 12.4 Å². The van der Waals surface area contributed by atoms with Gasteiger partial charge in [0, 0.05) is 5.69 Å². The van der Waals surface area contributed by atoms with Crippen LogP contribution in [0.15, 0.2) is 41.3 Å². The molecule has 2 aromatic rings. The molecule has 28 heavy (non-hydrogen) atoms. The van der Waals surface area contributed by atoms with Crippen molar-refractivity contribution in [3.05, 3.63) is 69.4 Å². The molecule has 144 valence electrons. The number of nitrogens with one attached hydrogen (secondary N) is 1. The molecule has 0 aromatic heterocycles. The molecule has 1 saturated heterocycles. The molecule has 3 rings (SSSR count). The number of benzene rings is 2. The van der Waals surface area contributed by atoms with Gasteiger partial charge in [-0.15, -0.1) is 0 Å². The van der Waals surface area contributed by atoms with Crippen molar-refractivity contribution in [2.24, 2.45) is 0 Å². The molecule has 7 heteroatoms. The lowest BCUT2D eigenvalue weighted by Crippen LogP contribution is -2.36. The van der Waals surface area contributed by atoms with Gasteiger partial charge in [0.15, 0.2) is 0 Å². The van der Waals surface area contributed by atoms with E-state index in [4.69, 9.17) is 0 Å². The number of hydrogen-bond donors (Lipinski definition) is 1. The lowest BCUT2D eigenvalue weighted by atomic mass is 10.1. The molecular formula is C21H19FN2O3S. The van der Waals surface area contributed by atoms with Crippen molar-refractivity contribution in [1.29, 1.82) is 0 Å². The van der Waals surface area contributed by atoms with E-state index in [1.807, 2.05) is 32.9 Å². The summed E-state index contributed by atoms with van der Waals surface area (Å²) in [6.45, 7) is 5.39. The van der Waals surface area contributed by atoms with Crippen molar-refractivity contribution in [3.8, 4) is 0 Å². The monoisotopic (exact) mass is 398 g/mol. The predicted octanol–water partition coefficient (Wildman–Crippen LogP) is 4.43. The van der Waals surface area contributed by atoms with Crippen LogP contribution in [-0.2, 0) is 9.59 Å². The number of imide groups is 1. The van der Waals surface area contributed by atoms with E-state index in [-0.39, 0.29) is 17.3 Å². The molecular weight excluding hydrogens is 379 g/mol. The second-order valence-electron chi connectivity index (χ2n) is 6.64. The van der Waals surface area contributed by atoms with Gasteiger partial charge in [0.05, 0.1) is 4.91 Å². The Balaban J connectivity index is 1.72. The molecule has 0 atom stereocenters. The van der Waals surface area contributed by atoms with Crippen molar-refractivity contribution in [2.45, 2.75) is 20.8 Å². The number of anilines is 1. The van der Waals surface area contributed by atoms with Gasteiger partial charge in [-0.3, -0.25) is 19.3 Å². The van der Waals surface area contributed by atoms with Gasteiger partial charge in [-0.1, -0.05) is 29.8 Å². The van der Waals surface area contributed by atoms with E-state index in [1.54, 1.807) is 0 Å². The molecule has 0 unspecified atom stereocenters. The highest BCUT2D eigenvalue weighted by Gasteiger charge is 2.36. The quantitative estimate of drug-likeness (QED) is 0.774. The minimum atomic E-state index is -0.535. The molecule has 1 aliphatic heterocycles. The average Bonchev–Trinajstić information content (AvgIpc) is 2.87. The van der Waals surface area contributed by atoms with Crippen LogP contribution in [0.2, 0.25) is 0 Å². The number of hydrogen-bond acceptors (Lipinski definition) is 4. The van der Waals surface area contributed by atoms with E-state index in [0.717, 1.165) is 33.4 Å². The number of thioether (sulfide) groups is 1.